The van der Waals surface area contributed by atoms with Gasteiger partial charge in [-0.1, -0.05) is 54.6 Å². The zero-order chi connectivity index (χ0) is 27.4. The number of amides is 1. The van der Waals surface area contributed by atoms with Crippen LogP contribution in [0.5, 0.6) is 11.5 Å². The van der Waals surface area contributed by atoms with Crippen LogP contribution >= 0.6 is 0 Å². The Balaban J connectivity index is 1.47. The number of hydrogen-bond donors (Lipinski definition) is 1. The summed E-state index contributed by atoms with van der Waals surface area (Å²) in [7, 11) is 1.56. The molecule has 0 radical (unpaired) electrons. The maximum absolute atomic E-state index is 13.6. The second kappa shape index (κ2) is 10.7. The molecule has 0 spiro atoms. The Morgan fingerprint density at radius 3 is 2.51 bits per heavy atom. The summed E-state index contributed by atoms with van der Waals surface area (Å²) >= 11 is 0. The van der Waals surface area contributed by atoms with Crippen molar-refractivity contribution < 1.29 is 19.2 Å². The molecule has 4 aromatic rings. The molecule has 0 aromatic heterocycles. The van der Waals surface area contributed by atoms with Crippen molar-refractivity contribution in [3.8, 4) is 11.5 Å². The quantitative estimate of drug-likeness (QED) is 0.174. The zero-order valence-electron chi connectivity index (χ0n) is 21.4. The number of non-ortho nitro benzene ring substituents is 1. The highest BCUT2D eigenvalue weighted by Gasteiger charge is 2.43. The largest absolute Gasteiger partial charge is 0.493 e. The Morgan fingerprint density at radius 2 is 1.74 bits per heavy atom. The van der Waals surface area contributed by atoms with E-state index in [1.54, 1.807) is 62.7 Å². The Kier molecular flexibility index (Phi) is 6.96. The molecule has 1 aliphatic rings. The van der Waals surface area contributed by atoms with Gasteiger partial charge in [0, 0.05) is 23.4 Å². The number of carbonyl (C=O) groups excluding carboxylic acids is 1. The van der Waals surface area contributed by atoms with Crippen LogP contribution < -0.4 is 14.8 Å². The lowest BCUT2D eigenvalue weighted by molar-refractivity contribution is -0.385. The number of methoxy groups -OCH3 is 1. The van der Waals surface area contributed by atoms with E-state index in [2.05, 4.69) is 10.4 Å². The van der Waals surface area contributed by atoms with E-state index < -0.39 is 10.6 Å². The maximum Gasteiger partial charge on any atom is 0.278 e. The number of nitrogens with one attached hydrogen (secondary N) is 1. The molecule has 1 atom stereocenters. The second-order valence-electron chi connectivity index (χ2n) is 9.10. The number of ether oxygens (including phenoxy) is 2. The smallest absolute Gasteiger partial charge is 0.278 e. The van der Waals surface area contributed by atoms with Gasteiger partial charge in [-0.05, 0) is 48.4 Å². The van der Waals surface area contributed by atoms with Gasteiger partial charge in [-0.15, -0.1) is 0 Å². The minimum Gasteiger partial charge on any atom is -0.493 e. The van der Waals surface area contributed by atoms with Crippen LogP contribution in [0.1, 0.15) is 34.0 Å². The van der Waals surface area contributed by atoms with Crippen molar-refractivity contribution in [3.05, 3.63) is 129 Å². The minimum atomic E-state index is -1.20. The number of hydrogen-bond acceptors (Lipinski definition) is 7. The first-order valence-corrected chi connectivity index (χ1v) is 12.2. The van der Waals surface area contributed by atoms with Gasteiger partial charge in [-0.25, -0.2) is 0 Å². The summed E-state index contributed by atoms with van der Waals surface area (Å²) in [4.78, 5) is 24.6. The van der Waals surface area contributed by atoms with Gasteiger partial charge in [0.1, 0.15) is 6.61 Å². The summed E-state index contributed by atoms with van der Waals surface area (Å²) in [5.74, 6) is 0.749. The van der Waals surface area contributed by atoms with Crippen LogP contribution in [0.25, 0.3) is 0 Å². The highest BCUT2D eigenvalue weighted by atomic mass is 16.6. The molecule has 0 saturated carbocycles. The van der Waals surface area contributed by atoms with Crippen molar-refractivity contribution in [2.24, 2.45) is 5.10 Å². The third-order valence-corrected chi connectivity index (χ3v) is 6.52. The monoisotopic (exact) mass is 522 g/mol. The fraction of sp³-hybridized carbons (Fsp3) is 0.133. The lowest BCUT2D eigenvalue weighted by Crippen LogP contribution is -2.53. The normalized spacial score (nSPS) is 16.5. The van der Waals surface area contributed by atoms with Crippen LogP contribution in [0.15, 0.2) is 102 Å². The third kappa shape index (κ3) is 5.15. The SMILES string of the molecule is COc1cc(/C=N\N2C(=O)c3ccccc3N[C@]2(C)c2cccc([N+](=O)[O-])c2)ccc1OCc1ccccc1. The predicted octanol–water partition coefficient (Wildman–Crippen LogP) is 5.96. The first-order chi connectivity index (χ1) is 18.9. The molecular formula is C30H26N4O5. The van der Waals surface area contributed by atoms with Crippen molar-refractivity contribution in [1.29, 1.82) is 0 Å². The molecular weight excluding hydrogens is 496 g/mol. The van der Waals surface area contributed by atoms with E-state index >= 15 is 0 Å². The number of anilines is 1. The van der Waals surface area contributed by atoms with E-state index in [-0.39, 0.29) is 11.6 Å². The van der Waals surface area contributed by atoms with Crippen LogP contribution in [0.3, 0.4) is 0 Å². The molecule has 1 heterocycles. The number of nitro benzene ring substituents is 1. The molecule has 0 saturated heterocycles. The number of hydrazone groups is 1. The number of para-hydroxylation sites is 1. The Hall–Kier alpha value is -5.18. The summed E-state index contributed by atoms with van der Waals surface area (Å²) in [6.07, 6.45) is 1.55. The number of nitro groups is 1. The average Bonchev–Trinajstić information content (AvgIpc) is 2.96. The number of fused-ring (bicyclic) bond motifs is 1. The number of benzene rings is 4. The highest BCUT2D eigenvalue weighted by molar-refractivity contribution is 6.02. The van der Waals surface area contributed by atoms with Crippen LogP contribution in [-0.2, 0) is 12.3 Å². The molecule has 0 unspecified atom stereocenters. The maximum atomic E-state index is 13.6. The Labute approximate surface area is 225 Å². The summed E-state index contributed by atoms with van der Waals surface area (Å²) in [6.45, 7) is 2.15. The molecule has 1 N–H and O–H groups in total. The highest BCUT2D eigenvalue weighted by Crippen LogP contribution is 2.39. The van der Waals surface area contributed by atoms with Gasteiger partial charge < -0.3 is 14.8 Å². The van der Waals surface area contributed by atoms with E-state index in [9.17, 15) is 14.9 Å². The molecule has 4 aromatic carbocycles. The molecule has 39 heavy (non-hydrogen) atoms. The lowest BCUT2D eigenvalue weighted by atomic mass is 9.95. The van der Waals surface area contributed by atoms with Crippen molar-refractivity contribution >= 4 is 23.5 Å². The van der Waals surface area contributed by atoms with Crippen LogP contribution in [0.2, 0.25) is 0 Å². The van der Waals surface area contributed by atoms with Crippen molar-refractivity contribution in [2.45, 2.75) is 19.2 Å². The zero-order valence-corrected chi connectivity index (χ0v) is 21.4. The van der Waals surface area contributed by atoms with E-state index in [1.807, 2.05) is 42.5 Å². The molecule has 0 aliphatic carbocycles. The minimum absolute atomic E-state index is 0.0819. The van der Waals surface area contributed by atoms with Gasteiger partial charge >= 0.3 is 0 Å². The molecule has 1 aliphatic heterocycles. The summed E-state index contributed by atoms with van der Waals surface area (Å²) in [5.41, 5.74) is 2.00. The van der Waals surface area contributed by atoms with Crippen LogP contribution in [-0.4, -0.2) is 29.2 Å². The predicted molar refractivity (Wildman–Crippen MR) is 148 cm³/mol. The van der Waals surface area contributed by atoms with Crippen LogP contribution in [0.4, 0.5) is 11.4 Å². The first-order valence-electron chi connectivity index (χ1n) is 12.2. The molecule has 5 rings (SSSR count). The molecule has 9 heteroatoms. The molecule has 0 fully saturated rings. The summed E-state index contributed by atoms with van der Waals surface area (Å²) in [5, 5.41) is 20.7. The van der Waals surface area contributed by atoms with Gasteiger partial charge in [-0.2, -0.15) is 10.1 Å². The number of nitrogens with zero attached hydrogens (tertiary/aromatic N) is 3. The van der Waals surface area contributed by atoms with Gasteiger partial charge in [0.2, 0.25) is 0 Å². The molecule has 9 nitrogen and oxygen atoms in total. The van der Waals surface area contributed by atoms with E-state index in [0.717, 1.165) is 5.56 Å². The van der Waals surface area contributed by atoms with Crippen molar-refractivity contribution in [3.63, 3.8) is 0 Å². The van der Waals surface area contributed by atoms with Gasteiger partial charge in [0.05, 0.1) is 23.8 Å². The summed E-state index contributed by atoms with van der Waals surface area (Å²) in [6, 6.07) is 28.4. The number of carbonyl (C=O) groups is 1. The lowest BCUT2D eigenvalue weighted by Gasteiger charge is -2.43. The number of rotatable bonds is 8. The van der Waals surface area contributed by atoms with E-state index in [0.29, 0.717) is 40.5 Å². The van der Waals surface area contributed by atoms with E-state index in [1.165, 1.54) is 17.1 Å². The standard InChI is InChI=1S/C30H26N4O5/c1-30(23-11-8-12-24(18-23)34(36)37)32-26-14-7-6-13-25(26)29(35)33(30)31-19-22-15-16-27(28(17-22)38-2)39-20-21-9-4-3-5-10-21/h3-19,32H,20H2,1-2H3/b31-19-/t30-/m0/s1. The van der Waals surface area contributed by atoms with Crippen molar-refractivity contribution in [2.75, 3.05) is 12.4 Å². The summed E-state index contributed by atoms with van der Waals surface area (Å²) < 4.78 is 11.5. The second-order valence-corrected chi connectivity index (χ2v) is 9.10. The fourth-order valence-electron chi connectivity index (χ4n) is 4.44. The molecule has 0 bridgehead atoms. The van der Waals surface area contributed by atoms with Gasteiger partial charge in [0.25, 0.3) is 11.6 Å². The topological polar surface area (TPSA) is 106 Å². The Bertz CT molecular complexity index is 1560. The van der Waals surface area contributed by atoms with Gasteiger partial charge in [-0.3, -0.25) is 14.9 Å². The fourth-order valence-corrected chi connectivity index (χ4v) is 4.44. The van der Waals surface area contributed by atoms with Crippen molar-refractivity contribution in [1.82, 2.24) is 5.01 Å². The first kappa shape index (κ1) is 25.5. The third-order valence-electron chi connectivity index (χ3n) is 6.52. The molecule has 196 valence electrons. The molecule has 1 amide bonds. The van der Waals surface area contributed by atoms with Gasteiger partial charge in [0.15, 0.2) is 17.2 Å². The van der Waals surface area contributed by atoms with Crippen LogP contribution in [0, 0.1) is 10.1 Å². The average molecular weight is 523 g/mol. The Morgan fingerprint density at radius 1 is 0.974 bits per heavy atom. The van der Waals surface area contributed by atoms with E-state index in [4.69, 9.17) is 9.47 Å².